The van der Waals surface area contributed by atoms with Gasteiger partial charge in [-0.2, -0.15) is 0 Å². The molecule has 5 heteroatoms. The Balaban J connectivity index is 2.62. The van der Waals surface area contributed by atoms with Crippen molar-refractivity contribution < 1.29 is 9.62 Å². The van der Waals surface area contributed by atoms with Crippen LogP contribution in [0.2, 0.25) is 0 Å². The number of nitrogens with zero attached hydrogens (tertiary/aromatic N) is 2. The molecular weight excluding hydrogens is 236 g/mol. The Morgan fingerprint density at radius 2 is 2.38 bits per heavy atom. The Morgan fingerprint density at radius 1 is 1.54 bits per heavy atom. The maximum Gasteiger partial charge on any atom is 0.154 e. The minimum Gasteiger partial charge on any atom is -0.453 e. The van der Waals surface area contributed by atoms with Crippen LogP contribution in [0, 0.1) is 0 Å². The third kappa shape index (κ3) is 1.55. The first-order valence-corrected chi connectivity index (χ1v) is 4.31. The summed E-state index contributed by atoms with van der Waals surface area (Å²) in [5.41, 5.74) is 1.39. The molecule has 0 spiro atoms. The third-order valence-electron chi connectivity index (χ3n) is 1.54. The monoisotopic (exact) mass is 240 g/mol. The van der Waals surface area contributed by atoms with Gasteiger partial charge in [0.05, 0.1) is 0 Å². The maximum atomic E-state index is 8.28. The molecule has 0 unspecified atom stereocenters. The second-order valence-corrected chi connectivity index (χ2v) is 3.35. The van der Waals surface area contributed by atoms with Gasteiger partial charge in [0.25, 0.3) is 0 Å². The molecule has 0 aliphatic heterocycles. The summed E-state index contributed by atoms with van der Waals surface area (Å²) in [4.78, 5) is 4.10. The number of hydrogen-bond donors (Lipinski definition) is 1. The standard InChI is InChI=1S/C8H5BrN2O2/c9-5-1-8-7(10-3-5)2-6(13-8)4-11-12/h1-4,12H. The Labute approximate surface area is 82.0 Å². The van der Waals surface area contributed by atoms with E-state index in [4.69, 9.17) is 9.62 Å². The number of furan rings is 1. The molecule has 0 fully saturated rings. The first kappa shape index (κ1) is 8.25. The molecule has 0 bridgehead atoms. The van der Waals surface area contributed by atoms with Gasteiger partial charge in [-0.05, 0) is 22.0 Å². The van der Waals surface area contributed by atoms with E-state index in [1.807, 2.05) is 0 Å². The normalized spacial score (nSPS) is 11.5. The number of rotatable bonds is 1. The topological polar surface area (TPSA) is 58.6 Å². The highest BCUT2D eigenvalue weighted by Gasteiger charge is 2.02. The zero-order valence-corrected chi connectivity index (χ0v) is 8.02. The van der Waals surface area contributed by atoms with Crippen molar-refractivity contribution in [2.24, 2.45) is 5.16 Å². The summed E-state index contributed by atoms with van der Waals surface area (Å²) in [5.74, 6) is 0.475. The Hall–Kier alpha value is -1.36. The zero-order valence-electron chi connectivity index (χ0n) is 6.44. The van der Waals surface area contributed by atoms with Crippen molar-refractivity contribution in [3.05, 3.63) is 28.6 Å². The molecule has 2 heterocycles. The quantitative estimate of drug-likeness (QED) is 0.473. The van der Waals surface area contributed by atoms with E-state index >= 15 is 0 Å². The van der Waals surface area contributed by atoms with Gasteiger partial charge in [0.2, 0.25) is 0 Å². The van der Waals surface area contributed by atoms with E-state index in [1.165, 1.54) is 6.21 Å². The first-order chi connectivity index (χ1) is 6.29. The van der Waals surface area contributed by atoms with Crippen LogP contribution in [-0.2, 0) is 0 Å². The van der Waals surface area contributed by atoms with Crippen molar-refractivity contribution in [3.8, 4) is 0 Å². The number of hydrogen-bond acceptors (Lipinski definition) is 4. The van der Waals surface area contributed by atoms with Gasteiger partial charge in [-0.15, -0.1) is 0 Å². The van der Waals surface area contributed by atoms with Crippen LogP contribution in [0.5, 0.6) is 0 Å². The average Bonchev–Trinajstić information content (AvgIpc) is 2.46. The summed E-state index contributed by atoms with van der Waals surface area (Å²) >= 11 is 3.28. The van der Waals surface area contributed by atoms with Crippen molar-refractivity contribution in [1.82, 2.24) is 4.98 Å². The summed E-state index contributed by atoms with van der Waals surface area (Å²) in [6, 6.07) is 3.50. The molecule has 66 valence electrons. The van der Waals surface area contributed by atoms with E-state index in [-0.39, 0.29) is 0 Å². The van der Waals surface area contributed by atoms with E-state index in [0.717, 1.165) is 9.99 Å². The van der Waals surface area contributed by atoms with Crippen molar-refractivity contribution in [2.45, 2.75) is 0 Å². The molecular formula is C8H5BrN2O2. The molecule has 13 heavy (non-hydrogen) atoms. The predicted molar refractivity (Wildman–Crippen MR) is 51.1 cm³/mol. The SMILES string of the molecule is ON=Cc1cc2ncc(Br)cc2o1. The minimum absolute atomic E-state index is 0.475. The van der Waals surface area contributed by atoms with Gasteiger partial charge in [-0.3, -0.25) is 4.98 Å². The van der Waals surface area contributed by atoms with Crippen molar-refractivity contribution in [2.75, 3.05) is 0 Å². The fourth-order valence-electron chi connectivity index (χ4n) is 1.03. The van der Waals surface area contributed by atoms with Gasteiger partial charge in [0.1, 0.15) is 11.7 Å². The van der Waals surface area contributed by atoms with Gasteiger partial charge in [0, 0.05) is 16.7 Å². The van der Waals surface area contributed by atoms with Gasteiger partial charge >= 0.3 is 0 Å². The van der Waals surface area contributed by atoms with Gasteiger partial charge in [-0.1, -0.05) is 5.16 Å². The van der Waals surface area contributed by atoms with Gasteiger partial charge < -0.3 is 9.62 Å². The van der Waals surface area contributed by atoms with Crippen LogP contribution < -0.4 is 0 Å². The molecule has 4 nitrogen and oxygen atoms in total. The average molecular weight is 241 g/mol. The molecule has 0 saturated heterocycles. The van der Waals surface area contributed by atoms with E-state index in [0.29, 0.717) is 11.3 Å². The minimum atomic E-state index is 0.475. The van der Waals surface area contributed by atoms with Crippen LogP contribution >= 0.6 is 15.9 Å². The van der Waals surface area contributed by atoms with Crippen LogP contribution in [-0.4, -0.2) is 16.4 Å². The van der Waals surface area contributed by atoms with Gasteiger partial charge in [0.15, 0.2) is 11.3 Å². The molecule has 0 aliphatic carbocycles. The third-order valence-corrected chi connectivity index (χ3v) is 1.97. The number of pyridine rings is 1. The second kappa shape index (κ2) is 3.18. The molecule has 2 aromatic rings. The summed E-state index contributed by atoms with van der Waals surface area (Å²) < 4.78 is 6.14. The highest BCUT2D eigenvalue weighted by molar-refractivity contribution is 9.10. The summed E-state index contributed by atoms with van der Waals surface area (Å²) in [6.07, 6.45) is 2.90. The molecule has 1 N–H and O–H groups in total. The van der Waals surface area contributed by atoms with Crippen LogP contribution in [0.25, 0.3) is 11.1 Å². The summed E-state index contributed by atoms with van der Waals surface area (Å²) in [7, 11) is 0. The number of halogens is 1. The Bertz CT molecular complexity index is 464. The largest absolute Gasteiger partial charge is 0.453 e. The van der Waals surface area contributed by atoms with Crippen LogP contribution in [0.15, 0.2) is 32.4 Å². The fraction of sp³-hybridized carbons (Fsp3) is 0. The lowest BCUT2D eigenvalue weighted by Crippen LogP contribution is -1.71. The van der Waals surface area contributed by atoms with Crippen molar-refractivity contribution in [1.29, 1.82) is 0 Å². The molecule has 0 radical (unpaired) electrons. The molecule has 0 saturated carbocycles. The Kier molecular flexibility index (Phi) is 2.02. The zero-order chi connectivity index (χ0) is 9.26. The van der Waals surface area contributed by atoms with Crippen LogP contribution in [0.3, 0.4) is 0 Å². The molecule has 0 aliphatic rings. The predicted octanol–water partition coefficient (Wildman–Crippen LogP) is 2.40. The van der Waals surface area contributed by atoms with E-state index in [2.05, 4.69) is 26.1 Å². The maximum absolute atomic E-state index is 8.28. The molecule has 0 aromatic carbocycles. The van der Waals surface area contributed by atoms with Crippen molar-refractivity contribution in [3.63, 3.8) is 0 Å². The molecule has 0 atom stereocenters. The highest BCUT2D eigenvalue weighted by Crippen LogP contribution is 2.19. The lowest BCUT2D eigenvalue weighted by Gasteiger charge is -1.87. The molecule has 0 amide bonds. The summed E-state index contributed by atoms with van der Waals surface area (Å²) in [6.45, 7) is 0. The first-order valence-electron chi connectivity index (χ1n) is 3.52. The van der Waals surface area contributed by atoms with Gasteiger partial charge in [-0.25, -0.2) is 0 Å². The number of fused-ring (bicyclic) bond motifs is 1. The van der Waals surface area contributed by atoms with Crippen LogP contribution in [0.1, 0.15) is 5.76 Å². The molecule has 2 aromatic heterocycles. The number of oxime groups is 1. The fourth-order valence-corrected chi connectivity index (χ4v) is 1.34. The summed E-state index contributed by atoms with van der Waals surface area (Å²) in [5, 5.41) is 11.1. The lowest BCUT2D eigenvalue weighted by atomic mass is 10.4. The van der Waals surface area contributed by atoms with Crippen LogP contribution in [0.4, 0.5) is 0 Å². The van der Waals surface area contributed by atoms with E-state index < -0.39 is 0 Å². The van der Waals surface area contributed by atoms with Crippen molar-refractivity contribution >= 4 is 33.2 Å². The smallest absolute Gasteiger partial charge is 0.154 e. The number of aromatic nitrogens is 1. The van der Waals surface area contributed by atoms with E-state index in [9.17, 15) is 0 Å². The highest BCUT2D eigenvalue weighted by atomic mass is 79.9. The second-order valence-electron chi connectivity index (χ2n) is 2.43. The Morgan fingerprint density at radius 3 is 3.15 bits per heavy atom. The molecule has 2 rings (SSSR count). The van der Waals surface area contributed by atoms with E-state index in [1.54, 1.807) is 18.3 Å². The lowest BCUT2D eigenvalue weighted by molar-refractivity contribution is 0.321.